The summed E-state index contributed by atoms with van der Waals surface area (Å²) in [6.07, 6.45) is 0. The van der Waals surface area contributed by atoms with Crippen molar-refractivity contribution in [1.29, 1.82) is 0 Å². The normalized spacial score (nSPS) is 11.4. The lowest BCUT2D eigenvalue weighted by Crippen LogP contribution is -2.14. The molecule has 0 radical (unpaired) electrons. The van der Waals surface area contributed by atoms with Crippen molar-refractivity contribution >= 4 is 21.4 Å². The van der Waals surface area contributed by atoms with Crippen LogP contribution in [0, 0.1) is 13.8 Å². The Morgan fingerprint density at radius 1 is 1.10 bits per heavy atom. The maximum atomic E-state index is 12.6. The summed E-state index contributed by atoms with van der Waals surface area (Å²) in [6.45, 7) is 4.01. The number of aryl methyl sites for hydroxylation is 2. The third kappa shape index (κ3) is 4.90. The van der Waals surface area contributed by atoms with Gasteiger partial charge in [0.05, 0.1) is 28.6 Å². The van der Waals surface area contributed by atoms with Crippen molar-refractivity contribution in [1.82, 2.24) is 9.78 Å². The molecule has 29 heavy (non-hydrogen) atoms. The van der Waals surface area contributed by atoms with Crippen molar-refractivity contribution < 1.29 is 17.9 Å². The molecule has 1 heterocycles. The van der Waals surface area contributed by atoms with Crippen molar-refractivity contribution in [3.8, 4) is 5.69 Å². The topological polar surface area (TPSA) is 90.3 Å². The third-order valence-corrected chi connectivity index (χ3v) is 6.08. The first-order valence-corrected chi connectivity index (χ1v) is 10.7. The quantitative estimate of drug-likeness (QED) is 0.643. The number of anilines is 1. The van der Waals surface area contributed by atoms with E-state index in [1.165, 1.54) is 31.4 Å². The molecule has 0 spiro atoms. The number of methoxy groups -OCH3 is 1. The molecule has 7 nitrogen and oxygen atoms in total. The molecule has 0 atom stereocenters. The number of sulfone groups is 1. The van der Waals surface area contributed by atoms with E-state index < -0.39 is 9.84 Å². The molecule has 0 aliphatic carbocycles. The number of nitrogens with one attached hydrogen (secondary N) is 1. The van der Waals surface area contributed by atoms with E-state index in [1.807, 2.05) is 42.8 Å². The van der Waals surface area contributed by atoms with Gasteiger partial charge in [-0.2, -0.15) is 5.10 Å². The Balaban J connectivity index is 1.75. The summed E-state index contributed by atoms with van der Waals surface area (Å²) in [7, 11) is -1.98. The molecule has 1 N–H and O–H groups in total. The van der Waals surface area contributed by atoms with E-state index >= 15 is 0 Å². The fraction of sp³-hybridized carbons (Fsp3) is 0.238. The van der Waals surface area contributed by atoms with Crippen molar-refractivity contribution in [2.24, 2.45) is 0 Å². The van der Waals surface area contributed by atoms with Crippen LogP contribution in [0.3, 0.4) is 0 Å². The fourth-order valence-corrected chi connectivity index (χ4v) is 4.11. The van der Waals surface area contributed by atoms with Crippen LogP contribution in [0.5, 0.6) is 0 Å². The predicted octanol–water partition coefficient (Wildman–Crippen LogP) is 3.16. The summed E-state index contributed by atoms with van der Waals surface area (Å²) in [6, 6.07) is 15.2. The van der Waals surface area contributed by atoms with Gasteiger partial charge in [0.25, 0.3) is 5.91 Å². The third-order valence-electron chi connectivity index (χ3n) is 4.39. The van der Waals surface area contributed by atoms with Crippen LogP contribution >= 0.6 is 0 Å². The number of carbonyl (C=O) groups is 1. The smallest absolute Gasteiger partial charge is 0.255 e. The number of nitrogens with zero attached hydrogens (tertiary/aromatic N) is 2. The van der Waals surface area contributed by atoms with Crippen LogP contribution in [0.15, 0.2) is 59.5 Å². The van der Waals surface area contributed by atoms with Crippen molar-refractivity contribution in [3.05, 3.63) is 71.5 Å². The predicted molar refractivity (Wildman–Crippen MR) is 111 cm³/mol. The zero-order chi connectivity index (χ0) is 21.0. The highest BCUT2D eigenvalue weighted by atomic mass is 32.2. The number of hydrogen-bond acceptors (Lipinski definition) is 5. The van der Waals surface area contributed by atoms with E-state index in [0.29, 0.717) is 11.3 Å². The minimum absolute atomic E-state index is 0.103. The van der Waals surface area contributed by atoms with Crippen LogP contribution < -0.4 is 5.32 Å². The first-order chi connectivity index (χ1) is 13.8. The largest absolute Gasteiger partial charge is 0.384 e. The molecule has 3 aromatic rings. The van der Waals surface area contributed by atoms with Crippen LogP contribution in [-0.4, -0.2) is 43.6 Å². The van der Waals surface area contributed by atoms with Gasteiger partial charge in [-0.1, -0.05) is 6.07 Å². The van der Waals surface area contributed by atoms with Gasteiger partial charge in [-0.25, -0.2) is 13.1 Å². The SMILES string of the molecule is COCCS(=O)(=O)c1ccc(C(=O)Nc2cccc(-n3nc(C)cc3C)c2)cc1. The molecule has 152 valence electrons. The Hall–Kier alpha value is -2.97. The Bertz CT molecular complexity index is 1120. The lowest BCUT2D eigenvalue weighted by atomic mass is 10.2. The summed E-state index contributed by atoms with van der Waals surface area (Å²) in [5, 5.41) is 7.29. The van der Waals surface area contributed by atoms with Crippen LogP contribution in [0.25, 0.3) is 5.69 Å². The zero-order valence-corrected chi connectivity index (χ0v) is 17.4. The summed E-state index contributed by atoms with van der Waals surface area (Å²) >= 11 is 0. The second kappa shape index (κ2) is 8.59. The Kier molecular flexibility index (Phi) is 6.14. The van der Waals surface area contributed by atoms with Crippen molar-refractivity contribution in [2.75, 3.05) is 24.8 Å². The van der Waals surface area contributed by atoms with E-state index in [9.17, 15) is 13.2 Å². The van der Waals surface area contributed by atoms with Crippen LogP contribution in [0.2, 0.25) is 0 Å². The maximum absolute atomic E-state index is 12.6. The van der Waals surface area contributed by atoms with Crippen molar-refractivity contribution in [2.45, 2.75) is 18.7 Å². The summed E-state index contributed by atoms with van der Waals surface area (Å²) in [5.41, 5.74) is 3.74. The first kappa shape index (κ1) is 20.8. The fourth-order valence-electron chi connectivity index (χ4n) is 2.93. The van der Waals surface area contributed by atoms with Crippen molar-refractivity contribution in [3.63, 3.8) is 0 Å². The van der Waals surface area contributed by atoms with Crippen LogP contribution in [-0.2, 0) is 14.6 Å². The van der Waals surface area contributed by atoms with E-state index in [2.05, 4.69) is 10.4 Å². The zero-order valence-electron chi connectivity index (χ0n) is 16.5. The number of hydrogen-bond donors (Lipinski definition) is 1. The molecule has 1 aromatic heterocycles. The van der Waals surface area contributed by atoms with E-state index in [0.717, 1.165) is 17.1 Å². The Morgan fingerprint density at radius 2 is 1.83 bits per heavy atom. The Labute approximate surface area is 170 Å². The van der Waals surface area contributed by atoms with Gasteiger partial charge in [0.1, 0.15) is 0 Å². The lowest BCUT2D eigenvalue weighted by molar-refractivity contribution is 0.102. The second-order valence-electron chi connectivity index (χ2n) is 6.68. The van der Waals surface area contributed by atoms with Gasteiger partial charge in [-0.15, -0.1) is 0 Å². The number of amides is 1. The van der Waals surface area contributed by atoms with Gasteiger partial charge < -0.3 is 10.1 Å². The number of ether oxygens (including phenoxy) is 1. The molecule has 0 saturated carbocycles. The van der Waals surface area contributed by atoms with Gasteiger partial charge in [-0.3, -0.25) is 4.79 Å². The van der Waals surface area contributed by atoms with E-state index in [4.69, 9.17) is 4.74 Å². The molecular formula is C21H23N3O4S. The summed E-state index contributed by atoms with van der Waals surface area (Å²) in [5.74, 6) is -0.426. The average molecular weight is 413 g/mol. The van der Waals surface area contributed by atoms with Gasteiger partial charge in [-0.05, 0) is 62.4 Å². The number of aromatic nitrogens is 2. The number of rotatable bonds is 7. The number of benzene rings is 2. The highest BCUT2D eigenvalue weighted by molar-refractivity contribution is 7.91. The second-order valence-corrected chi connectivity index (χ2v) is 8.79. The molecular weight excluding hydrogens is 390 g/mol. The van der Waals surface area contributed by atoms with Gasteiger partial charge in [0, 0.05) is 24.1 Å². The molecule has 3 rings (SSSR count). The maximum Gasteiger partial charge on any atom is 0.255 e. The molecule has 0 bridgehead atoms. The minimum atomic E-state index is -3.43. The Morgan fingerprint density at radius 3 is 2.45 bits per heavy atom. The lowest BCUT2D eigenvalue weighted by Gasteiger charge is -2.10. The standard InChI is InChI=1S/C21H23N3O4S/c1-15-13-16(2)24(23-15)19-6-4-5-18(14-19)22-21(25)17-7-9-20(10-8-17)29(26,27)12-11-28-3/h4-10,13-14H,11-12H2,1-3H3,(H,22,25). The molecule has 0 aliphatic rings. The van der Waals surface area contributed by atoms with Gasteiger partial charge in [0.15, 0.2) is 9.84 Å². The summed E-state index contributed by atoms with van der Waals surface area (Å²) in [4.78, 5) is 12.7. The molecule has 1 amide bonds. The summed E-state index contributed by atoms with van der Waals surface area (Å²) < 4.78 is 31.0. The first-order valence-electron chi connectivity index (χ1n) is 9.07. The molecule has 8 heteroatoms. The number of carbonyl (C=O) groups excluding carboxylic acids is 1. The monoisotopic (exact) mass is 413 g/mol. The molecule has 2 aromatic carbocycles. The molecule has 0 aliphatic heterocycles. The van der Waals surface area contributed by atoms with Gasteiger partial charge >= 0.3 is 0 Å². The van der Waals surface area contributed by atoms with Gasteiger partial charge in [0.2, 0.25) is 0 Å². The average Bonchev–Trinajstić information content (AvgIpc) is 3.05. The van der Waals surface area contributed by atoms with E-state index in [1.54, 1.807) is 6.07 Å². The van der Waals surface area contributed by atoms with Crippen LogP contribution in [0.1, 0.15) is 21.7 Å². The van der Waals surface area contributed by atoms with E-state index in [-0.39, 0.29) is 23.2 Å². The molecule has 0 fully saturated rings. The molecule has 0 unspecified atom stereocenters. The highest BCUT2D eigenvalue weighted by Gasteiger charge is 2.15. The minimum Gasteiger partial charge on any atom is -0.384 e. The molecule has 0 saturated heterocycles. The van der Waals surface area contributed by atoms with Crippen LogP contribution in [0.4, 0.5) is 5.69 Å². The highest BCUT2D eigenvalue weighted by Crippen LogP contribution is 2.18.